The first kappa shape index (κ1) is 13.5. The van der Waals surface area contributed by atoms with E-state index in [9.17, 15) is 0 Å². The molecule has 3 rings (SSSR count). The second kappa shape index (κ2) is 5.90. The first-order valence-electron chi connectivity index (χ1n) is 6.49. The predicted molar refractivity (Wildman–Crippen MR) is 79.3 cm³/mol. The van der Waals surface area contributed by atoms with Crippen molar-refractivity contribution >= 4 is 23.1 Å². The molecule has 0 atom stereocenters. The topological polar surface area (TPSA) is 67.2 Å². The number of ether oxygens (including phenoxy) is 2. The number of hydrogen-bond acceptors (Lipinski definition) is 5. The van der Waals surface area contributed by atoms with Gasteiger partial charge in [-0.15, -0.1) is 0 Å². The number of halogens is 1. The molecule has 0 unspecified atom stereocenters. The molecule has 1 aliphatic heterocycles. The van der Waals surface area contributed by atoms with Gasteiger partial charge in [0, 0.05) is 24.4 Å². The van der Waals surface area contributed by atoms with E-state index in [-0.39, 0.29) is 0 Å². The lowest BCUT2D eigenvalue weighted by Crippen LogP contribution is -1.98. The molecule has 1 aromatic carbocycles. The Kier molecular flexibility index (Phi) is 3.80. The van der Waals surface area contributed by atoms with Gasteiger partial charge in [0.25, 0.3) is 0 Å². The molecule has 0 saturated heterocycles. The van der Waals surface area contributed by atoms with Gasteiger partial charge < -0.3 is 14.8 Å². The van der Waals surface area contributed by atoms with E-state index in [1.54, 1.807) is 6.07 Å². The SMILES string of the molecule is N#Cc1ccnc(Nc2ccc3c(c2)OCCCO3)c1Cl. The quantitative estimate of drug-likeness (QED) is 0.919. The molecule has 0 amide bonds. The fourth-order valence-electron chi connectivity index (χ4n) is 1.99. The Balaban J connectivity index is 1.89. The lowest BCUT2D eigenvalue weighted by molar-refractivity contribution is 0.297. The summed E-state index contributed by atoms with van der Waals surface area (Å²) in [7, 11) is 0. The zero-order valence-corrected chi connectivity index (χ0v) is 11.9. The zero-order chi connectivity index (χ0) is 14.7. The van der Waals surface area contributed by atoms with Gasteiger partial charge in [-0.3, -0.25) is 0 Å². The highest BCUT2D eigenvalue weighted by atomic mass is 35.5. The van der Waals surface area contributed by atoms with Gasteiger partial charge in [0.1, 0.15) is 11.1 Å². The Morgan fingerprint density at radius 3 is 2.81 bits per heavy atom. The summed E-state index contributed by atoms with van der Waals surface area (Å²) < 4.78 is 11.2. The second-order valence-corrected chi connectivity index (χ2v) is 4.85. The van der Waals surface area contributed by atoms with Crippen LogP contribution in [0, 0.1) is 11.3 Å². The molecule has 0 bridgehead atoms. The smallest absolute Gasteiger partial charge is 0.163 e. The van der Waals surface area contributed by atoms with Gasteiger partial charge in [-0.1, -0.05) is 11.6 Å². The van der Waals surface area contributed by atoms with Gasteiger partial charge in [0.2, 0.25) is 0 Å². The van der Waals surface area contributed by atoms with E-state index in [0.717, 1.165) is 17.9 Å². The lowest BCUT2D eigenvalue weighted by Gasteiger charge is -2.11. The molecule has 21 heavy (non-hydrogen) atoms. The lowest BCUT2D eigenvalue weighted by atomic mass is 10.2. The Morgan fingerprint density at radius 2 is 2.00 bits per heavy atom. The molecule has 6 heteroatoms. The Bertz CT molecular complexity index is 713. The van der Waals surface area contributed by atoms with E-state index in [0.29, 0.717) is 35.4 Å². The normalized spacial score (nSPS) is 13.1. The van der Waals surface area contributed by atoms with Crippen LogP contribution < -0.4 is 14.8 Å². The van der Waals surface area contributed by atoms with E-state index in [2.05, 4.69) is 10.3 Å². The minimum absolute atomic E-state index is 0.298. The predicted octanol–water partition coefficient (Wildman–Crippen LogP) is 3.51. The van der Waals surface area contributed by atoms with Crippen molar-refractivity contribution in [2.45, 2.75) is 6.42 Å². The molecule has 0 saturated carbocycles. The summed E-state index contributed by atoms with van der Waals surface area (Å²) in [6.07, 6.45) is 2.39. The summed E-state index contributed by atoms with van der Waals surface area (Å²) in [6.45, 7) is 1.27. The van der Waals surface area contributed by atoms with Crippen LogP contribution in [-0.2, 0) is 0 Å². The van der Waals surface area contributed by atoms with Crippen LogP contribution in [0.3, 0.4) is 0 Å². The number of benzene rings is 1. The van der Waals surface area contributed by atoms with Crippen LogP contribution >= 0.6 is 11.6 Å². The molecular weight excluding hydrogens is 290 g/mol. The summed E-state index contributed by atoms with van der Waals surface area (Å²) in [5.74, 6) is 1.85. The molecule has 0 spiro atoms. The first-order chi connectivity index (χ1) is 10.3. The van der Waals surface area contributed by atoms with Gasteiger partial charge in [0.05, 0.1) is 18.8 Å². The van der Waals surface area contributed by atoms with Crippen molar-refractivity contribution in [1.82, 2.24) is 4.98 Å². The fourth-order valence-corrected chi connectivity index (χ4v) is 2.20. The van der Waals surface area contributed by atoms with Crippen LogP contribution in [0.5, 0.6) is 11.5 Å². The Morgan fingerprint density at radius 1 is 1.19 bits per heavy atom. The van der Waals surface area contributed by atoms with Crippen molar-refractivity contribution in [3.8, 4) is 17.6 Å². The van der Waals surface area contributed by atoms with E-state index in [1.807, 2.05) is 24.3 Å². The van der Waals surface area contributed by atoms with Crippen LogP contribution in [-0.4, -0.2) is 18.2 Å². The number of anilines is 2. The van der Waals surface area contributed by atoms with E-state index in [4.69, 9.17) is 26.3 Å². The van der Waals surface area contributed by atoms with Crippen LogP contribution in [0.1, 0.15) is 12.0 Å². The number of hydrogen-bond donors (Lipinski definition) is 1. The summed E-state index contributed by atoms with van der Waals surface area (Å²) in [4.78, 5) is 4.15. The average Bonchev–Trinajstić information content (AvgIpc) is 2.74. The number of nitrogens with zero attached hydrogens (tertiary/aromatic N) is 2. The minimum atomic E-state index is 0.298. The Hall–Kier alpha value is -2.45. The highest BCUT2D eigenvalue weighted by molar-refractivity contribution is 6.34. The molecule has 0 fully saturated rings. The number of nitrogens with one attached hydrogen (secondary N) is 1. The summed E-state index contributed by atoms with van der Waals surface area (Å²) in [5, 5.41) is 12.4. The fraction of sp³-hybridized carbons (Fsp3) is 0.200. The standard InChI is InChI=1S/C15H12ClN3O2/c16-14-10(9-17)4-5-18-15(14)19-11-2-3-12-13(8-11)21-7-1-6-20-12/h2-5,8H,1,6-7H2,(H,18,19). The van der Waals surface area contributed by atoms with Crippen LogP contribution in [0.15, 0.2) is 30.5 Å². The Labute approximate surface area is 127 Å². The largest absolute Gasteiger partial charge is 0.490 e. The van der Waals surface area contributed by atoms with Crippen molar-refractivity contribution < 1.29 is 9.47 Å². The molecule has 1 aliphatic rings. The van der Waals surface area contributed by atoms with Crippen molar-refractivity contribution in [3.05, 3.63) is 41.0 Å². The van der Waals surface area contributed by atoms with E-state index < -0.39 is 0 Å². The third-order valence-electron chi connectivity index (χ3n) is 3.02. The van der Waals surface area contributed by atoms with Crippen LogP contribution in [0.4, 0.5) is 11.5 Å². The molecule has 0 aliphatic carbocycles. The van der Waals surface area contributed by atoms with Crippen molar-refractivity contribution in [1.29, 1.82) is 5.26 Å². The van der Waals surface area contributed by atoms with E-state index in [1.165, 1.54) is 6.20 Å². The average molecular weight is 302 g/mol. The van der Waals surface area contributed by atoms with Gasteiger partial charge in [-0.05, 0) is 18.2 Å². The van der Waals surface area contributed by atoms with Gasteiger partial charge >= 0.3 is 0 Å². The van der Waals surface area contributed by atoms with Gasteiger partial charge in [0.15, 0.2) is 17.3 Å². The monoisotopic (exact) mass is 301 g/mol. The van der Waals surface area contributed by atoms with Crippen LogP contribution in [0.2, 0.25) is 5.02 Å². The van der Waals surface area contributed by atoms with Crippen molar-refractivity contribution in [2.75, 3.05) is 18.5 Å². The third-order valence-corrected chi connectivity index (χ3v) is 3.40. The zero-order valence-electron chi connectivity index (χ0n) is 11.1. The van der Waals surface area contributed by atoms with Gasteiger partial charge in [-0.25, -0.2) is 4.98 Å². The maximum absolute atomic E-state index is 8.97. The van der Waals surface area contributed by atoms with E-state index >= 15 is 0 Å². The van der Waals surface area contributed by atoms with Crippen molar-refractivity contribution in [2.24, 2.45) is 0 Å². The molecule has 5 nitrogen and oxygen atoms in total. The molecule has 106 valence electrons. The highest BCUT2D eigenvalue weighted by Crippen LogP contribution is 2.34. The maximum atomic E-state index is 8.97. The highest BCUT2D eigenvalue weighted by Gasteiger charge is 2.12. The number of aromatic nitrogens is 1. The molecular formula is C15H12ClN3O2. The third kappa shape index (κ3) is 2.86. The molecule has 0 radical (unpaired) electrons. The molecule has 2 aromatic rings. The number of fused-ring (bicyclic) bond motifs is 1. The number of rotatable bonds is 2. The molecule has 1 N–H and O–H groups in total. The maximum Gasteiger partial charge on any atom is 0.163 e. The van der Waals surface area contributed by atoms with Crippen molar-refractivity contribution in [3.63, 3.8) is 0 Å². The first-order valence-corrected chi connectivity index (χ1v) is 6.87. The molecule has 2 heterocycles. The number of pyridine rings is 1. The number of nitriles is 1. The summed E-state index contributed by atoms with van der Waals surface area (Å²) in [5.41, 5.74) is 1.15. The molecule has 1 aromatic heterocycles. The summed E-state index contributed by atoms with van der Waals surface area (Å²) in [6, 6.07) is 9.12. The second-order valence-electron chi connectivity index (χ2n) is 4.47. The summed E-state index contributed by atoms with van der Waals surface area (Å²) >= 11 is 6.12. The minimum Gasteiger partial charge on any atom is -0.490 e. The van der Waals surface area contributed by atoms with Crippen LogP contribution in [0.25, 0.3) is 0 Å². The van der Waals surface area contributed by atoms with Gasteiger partial charge in [-0.2, -0.15) is 5.26 Å².